The van der Waals surface area contributed by atoms with E-state index < -0.39 is 0 Å². The molecule has 2 bridgehead atoms. The lowest BCUT2D eigenvalue weighted by atomic mass is 9.98. The smallest absolute Gasteiger partial charge is 0.166 e. The quantitative estimate of drug-likeness (QED) is 0.471. The summed E-state index contributed by atoms with van der Waals surface area (Å²) in [6, 6.07) is 0. The van der Waals surface area contributed by atoms with Crippen LogP contribution >= 0.6 is 23.5 Å². The standard InChI is InChI=1S/C19H34O2S2/c1-3-4-5-6-7-8-9-10-11-16-17-19(22-14-15-23-19)13-12-18(2,20-16)21-17/h16-17H,3-15H2,1-2H3. The second-order valence-corrected chi connectivity index (χ2v) is 10.7. The molecule has 3 fully saturated rings. The molecule has 3 atom stereocenters. The number of ether oxygens (including phenoxy) is 2. The van der Waals surface area contributed by atoms with E-state index in [1.807, 2.05) is 0 Å². The van der Waals surface area contributed by atoms with Crippen LogP contribution in [-0.2, 0) is 9.47 Å². The Kier molecular flexibility index (Phi) is 6.67. The third-order valence-corrected chi connectivity index (χ3v) is 9.23. The molecular weight excluding hydrogens is 324 g/mol. The normalized spacial score (nSPS) is 35.2. The predicted octanol–water partition coefficient (Wildman–Crippen LogP) is 5.99. The summed E-state index contributed by atoms with van der Waals surface area (Å²) >= 11 is 4.28. The predicted molar refractivity (Wildman–Crippen MR) is 102 cm³/mol. The van der Waals surface area contributed by atoms with Crippen molar-refractivity contribution in [3.05, 3.63) is 0 Å². The van der Waals surface area contributed by atoms with Crippen LogP contribution < -0.4 is 0 Å². The first-order chi connectivity index (χ1) is 11.2. The molecular formula is C19H34O2S2. The van der Waals surface area contributed by atoms with Gasteiger partial charge in [-0.15, -0.1) is 23.5 Å². The summed E-state index contributed by atoms with van der Waals surface area (Å²) in [5, 5.41) is 0. The largest absolute Gasteiger partial charge is 0.344 e. The second-order valence-electron chi connectivity index (χ2n) is 7.60. The maximum atomic E-state index is 6.39. The zero-order chi connectivity index (χ0) is 16.2. The van der Waals surface area contributed by atoms with E-state index >= 15 is 0 Å². The van der Waals surface area contributed by atoms with Crippen LogP contribution in [0.15, 0.2) is 0 Å². The van der Waals surface area contributed by atoms with Gasteiger partial charge in [0.25, 0.3) is 0 Å². The number of hydrogen-bond donors (Lipinski definition) is 0. The molecule has 0 aromatic heterocycles. The van der Waals surface area contributed by atoms with Gasteiger partial charge in [-0.3, -0.25) is 0 Å². The zero-order valence-corrected chi connectivity index (χ0v) is 16.6. The van der Waals surface area contributed by atoms with Crippen molar-refractivity contribution in [2.75, 3.05) is 11.5 Å². The molecule has 23 heavy (non-hydrogen) atoms. The molecule has 3 unspecified atom stereocenters. The van der Waals surface area contributed by atoms with Gasteiger partial charge in [-0.2, -0.15) is 0 Å². The SMILES string of the molecule is CCCCCCCCCCC1OC2(C)CCC3(SCCS3)C1O2. The number of thioether (sulfide) groups is 2. The van der Waals surface area contributed by atoms with Crippen molar-refractivity contribution in [2.45, 2.75) is 107 Å². The topological polar surface area (TPSA) is 18.5 Å². The Morgan fingerprint density at radius 2 is 1.52 bits per heavy atom. The number of unbranched alkanes of at least 4 members (excludes halogenated alkanes) is 7. The Morgan fingerprint density at radius 3 is 2.22 bits per heavy atom. The van der Waals surface area contributed by atoms with Crippen molar-refractivity contribution in [1.29, 1.82) is 0 Å². The summed E-state index contributed by atoms with van der Waals surface area (Å²) in [5.41, 5.74) is 0. The molecule has 0 N–H and O–H groups in total. The van der Waals surface area contributed by atoms with E-state index in [2.05, 4.69) is 37.4 Å². The van der Waals surface area contributed by atoms with E-state index in [9.17, 15) is 0 Å². The Balaban J connectivity index is 1.39. The van der Waals surface area contributed by atoms with E-state index in [1.54, 1.807) is 0 Å². The highest BCUT2D eigenvalue weighted by molar-refractivity contribution is 8.21. The first-order valence-corrected chi connectivity index (χ1v) is 11.8. The van der Waals surface area contributed by atoms with Crippen LogP contribution in [0.25, 0.3) is 0 Å². The molecule has 3 aliphatic heterocycles. The lowest BCUT2D eigenvalue weighted by molar-refractivity contribution is -0.180. The van der Waals surface area contributed by atoms with Crippen LogP contribution in [0, 0.1) is 0 Å². The highest BCUT2D eigenvalue weighted by Gasteiger charge is 2.59. The summed E-state index contributed by atoms with van der Waals surface area (Å²) in [6.45, 7) is 4.44. The minimum absolute atomic E-state index is 0.287. The fourth-order valence-corrected chi connectivity index (χ4v) is 7.67. The number of fused-ring (bicyclic) bond motifs is 3. The van der Waals surface area contributed by atoms with E-state index in [4.69, 9.17) is 9.47 Å². The van der Waals surface area contributed by atoms with Crippen molar-refractivity contribution in [1.82, 2.24) is 0 Å². The van der Waals surface area contributed by atoms with Crippen LogP contribution in [0.5, 0.6) is 0 Å². The third kappa shape index (κ3) is 4.43. The Labute approximate surface area is 151 Å². The molecule has 4 heteroatoms. The van der Waals surface area contributed by atoms with E-state index in [1.165, 1.54) is 75.7 Å². The summed E-state index contributed by atoms with van der Waals surface area (Å²) in [6.07, 6.45) is 15.3. The van der Waals surface area contributed by atoms with Gasteiger partial charge in [0.2, 0.25) is 0 Å². The second kappa shape index (κ2) is 8.33. The molecule has 3 aliphatic rings. The molecule has 1 spiro atoms. The fourth-order valence-electron chi connectivity index (χ4n) is 4.26. The first-order valence-electron chi connectivity index (χ1n) is 9.81. The Bertz CT molecular complexity index is 370. The summed E-state index contributed by atoms with van der Waals surface area (Å²) in [4.78, 5) is 0. The highest BCUT2D eigenvalue weighted by atomic mass is 32.2. The van der Waals surface area contributed by atoms with Crippen molar-refractivity contribution < 1.29 is 9.47 Å². The van der Waals surface area contributed by atoms with Gasteiger partial charge in [0.1, 0.15) is 6.10 Å². The van der Waals surface area contributed by atoms with Crippen LogP contribution in [0.4, 0.5) is 0 Å². The third-order valence-electron chi connectivity index (χ3n) is 5.59. The van der Waals surface area contributed by atoms with Crippen LogP contribution in [0.2, 0.25) is 0 Å². The van der Waals surface area contributed by atoms with Gasteiger partial charge < -0.3 is 9.47 Å². The lowest BCUT2D eigenvalue weighted by Crippen LogP contribution is -2.45. The molecule has 3 rings (SSSR count). The van der Waals surface area contributed by atoms with E-state index in [0.717, 1.165) is 6.42 Å². The minimum atomic E-state index is -0.287. The van der Waals surface area contributed by atoms with Crippen molar-refractivity contribution in [2.24, 2.45) is 0 Å². The fraction of sp³-hybridized carbons (Fsp3) is 1.00. The highest BCUT2D eigenvalue weighted by Crippen LogP contribution is 2.59. The van der Waals surface area contributed by atoms with Gasteiger partial charge in [0, 0.05) is 17.9 Å². The lowest BCUT2D eigenvalue weighted by Gasteiger charge is -2.40. The minimum Gasteiger partial charge on any atom is -0.344 e. The van der Waals surface area contributed by atoms with E-state index in [-0.39, 0.29) is 5.79 Å². The Hall–Kier alpha value is 0.620. The van der Waals surface area contributed by atoms with Gasteiger partial charge >= 0.3 is 0 Å². The monoisotopic (exact) mass is 358 g/mol. The number of rotatable bonds is 9. The van der Waals surface area contributed by atoms with Crippen molar-refractivity contribution >= 4 is 23.5 Å². The molecule has 3 heterocycles. The van der Waals surface area contributed by atoms with Gasteiger partial charge in [-0.25, -0.2) is 0 Å². The maximum Gasteiger partial charge on any atom is 0.166 e. The van der Waals surface area contributed by atoms with E-state index in [0.29, 0.717) is 16.3 Å². The summed E-state index contributed by atoms with van der Waals surface area (Å²) in [5.74, 6) is 2.28. The molecule has 0 radical (unpaired) electrons. The molecule has 134 valence electrons. The summed E-state index contributed by atoms with van der Waals surface area (Å²) < 4.78 is 13.1. The maximum absolute atomic E-state index is 6.39. The summed E-state index contributed by atoms with van der Waals surface area (Å²) in [7, 11) is 0. The van der Waals surface area contributed by atoms with Crippen molar-refractivity contribution in [3.8, 4) is 0 Å². The van der Waals surface area contributed by atoms with Crippen LogP contribution in [-0.4, -0.2) is 33.6 Å². The molecule has 2 nitrogen and oxygen atoms in total. The van der Waals surface area contributed by atoms with Crippen LogP contribution in [0.3, 0.4) is 0 Å². The van der Waals surface area contributed by atoms with Gasteiger partial charge in [0.05, 0.1) is 10.2 Å². The van der Waals surface area contributed by atoms with Gasteiger partial charge in [0.15, 0.2) is 5.79 Å². The van der Waals surface area contributed by atoms with Crippen LogP contribution in [0.1, 0.15) is 84.5 Å². The van der Waals surface area contributed by atoms with Crippen molar-refractivity contribution in [3.63, 3.8) is 0 Å². The Morgan fingerprint density at radius 1 is 0.870 bits per heavy atom. The molecule has 0 saturated carbocycles. The molecule has 0 aromatic carbocycles. The average Bonchev–Trinajstić information content (AvgIpc) is 3.11. The zero-order valence-electron chi connectivity index (χ0n) is 15.0. The van der Waals surface area contributed by atoms with Gasteiger partial charge in [-0.05, 0) is 19.8 Å². The molecule has 3 saturated heterocycles. The molecule has 0 aliphatic carbocycles. The number of hydrogen-bond acceptors (Lipinski definition) is 4. The average molecular weight is 359 g/mol. The first kappa shape index (κ1) is 18.4. The molecule has 0 aromatic rings. The molecule has 0 amide bonds. The van der Waals surface area contributed by atoms with Gasteiger partial charge in [-0.1, -0.05) is 58.3 Å².